The van der Waals surface area contributed by atoms with Gasteiger partial charge in [-0.3, -0.25) is 9.59 Å². The SMILES string of the molecule is CCC(C)(C)C(=O)C(=O)N1CCCCC1C(=O)OC(C)C. The number of amides is 1. The van der Waals surface area contributed by atoms with Gasteiger partial charge in [-0.15, -0.1) is 0 Å². The summed E-state index contributed by atoms with van der Waals surface area (Å²) in [6.45, 7) is 9.40. The Bertz CT molecular complexity index is 415. The lowest BCUT2D eigenvalue weighted by atomic mass is 9.84. The van der Waals surface area contributed by atoms with Crippen molar-refractivity contribution >= 4 is 17.7 Å². The lowest BCUT2D eigenvalue weighted by Gasteiger charge is -2.35. The molecule has 5 heteroatoms. The van der Waals surface area contributed by atoms with Crippen molar-refractivity contribution in [1.82, 2.24) is 4.90 Å². The van der Waals surface area contributed by atoms with Gasteiger partial charge >= 0.3 is 5.97 Å². The largest absolute Gasteiger partial charge is 0.461 e. The van der Waals surface area contributed by atoms with Crippen LogP contribution in [0.5, 0.6) is 0 Å². The van der Waals surface area contributed by atoms with Crippen molar-refractivity contribution in [3.63, 3.8) is 0 Å². The highest BCUT2D eigenvalue weighted by Crippen LogP contribution is 2.25. The lowest BCUT2D eigenvalue weighted by molar-refractivity contribution is -0.163. The topological polar surface area (TPSA) is 63.7 Å². The predicted molar refractivity (Wildman–Crippen MR) is 79.7 cm³/mol. The smallest absolute Gasteiger partial charge is 0.329 e. The monoisotopic (exact) mass is 297 g/mol. The first-order chi connectivity index (χ1) is 9.70. The molecule has 1 aliphatic rings. The van der Waals surface area contributed by atoms with E-state index < -0.39 is 29.1 Å². The number of esters is 1. The molecule has 1 heterocycles. The second-order valence-corrected chi connectivity index (χ2v) is 6.56. The molecule has 0 spiro atoms. The summed E-state index contributed by atoms with van der Waals surface area (Å²) >= 11 is 0. The van der Waals surface area contributed by atoms with Crippen LogP contribution in [0, 0.1) is 5.41 Å². The molecule has 0 N–H and O–H groups in total. The van der Waals surface area contributed by atoms with Crippen LogP contribution in [-0.2, 0) is 19.1 Å². The standard InChI is InChI=1S/C16H27NO4/c1-6-16(4,5)13(18)14(19)17-10-8-7-9-12(17)15(20)21-11(2)3/h11-12H,6-10H2,1-5H3. The molecule has 0 bridgehead atoms. The summed E-state index contributed by atoms with van der Waals surface area (Å²) in [4.78, 5) is 38.4. The molecule has 0 radical (unpaired) electrons. The molecule has 21 heavy (non-hydrogen) atoms. The highest BCUT2D eigenvalue weighted by Gasteiger charge is 2.40. The molecule has 0 aromatic heterocycles. The first-order valence-corrected chi connectivity index (χ1v) is 7.76. The number of ketones is 1. The van der Waals surface area contributed by atoms with Crippen molar-refractivity contribution in [2.24, 2.45) is 5.41 Å². The molecule has 0 aliphatic carbocycles. The van der Waals surface area contributed by atoms with Crippen LogP contribution >= 0.6 is 0 Å². The molecule has 0 aromatic rings. The van der Waals surface area contributed by atoms with Crippen molar-refractivity contribution < 1.29 is 19.1 Å². The minimum atomic E-state index is -0.693. The minimum absolute atomic E-state index is 0.223. The number of piperidine rings is 1. The van der Waals surface area contributed by atoms with Crippen LogP contribution in [-0.4, -0.2) is 41.3 Å². The number of likely N-dealkylation sites (tertiary alicyclic amines) is 1. The maximum atomic E-state index is 12.5. The first-order valence-electron chi connectivity index (χ1n) is 7.76. The minimum Gasteiger partial charge on any atom is -0.461 e. The Kier molecular flexibility index (Phi) is 5.93. The van der Waals surface area contributed by atoms with Crippen molar-refractivity contribution in [3.05, 3.63) is 0 Å². The zero-order valence-electron chi connectivity index (χ0n) is 13.8. The van der Waals surface area contributed by atoms with Crippen LogP contribution in [0.15, 0.2) is 0 Å². The van der Waals surface area contributed by atoms with Gasteiger partial charge in [0.25, 0.3) is 5.91 Å². The summed E-state index contributed by atoms with van der Waals surface area (Å²) in [6.07, 6.45) is 2.62. The maximum absolute atomic E-state index is 12.5. The van der Waals surface area contributed by atoms with Gasteiger partial charge in [-0.1, -0.05) is 20.8 Å². The maximum Gasteiger partial charge on any atom is 0.329 e. The van der Waals surface area contributed by atoms with Gasteiger partial charge in [0, 0.05) is 12.0 Å². The fourth-order valence-corrected chi connectivity index (χ4v) is 2.31. The number of rotatable bonds is 5. The number of Topliss-reactive ketones (excluding diaryl/α,β-unsaturated/α-hetero) is 1. The van der Waals surface area contributed by atoms with Gasteiger partial charge in [0.05, 0.1) is 6.10 Å². The number of carbonyl (C=O) groups is 3. The molecule has 1 fully saturated rings. The van der Waals surface area contributed by atoms with E-state index in [0.717, 1.165) is 12.8 Å². The van der Waals surface area contributed by atoms with Gasteiger partial charge in [-0.05, 0) is 39.5 Å². The summed E-state index contributed by atoms with van der Waals surface area (Å²) in [7, 11) is 0. The van der Waals surface area contributed by atoms with Gasteiger partial charge in [-0.25, -0.2) is 4.79 Å². The molecule has 0 saturated carbocycles. The molecule has 120 valence electrons. The van der Waals surface area contributed by atoms with E-state index in [1.807, 2.05) is 6.92 Å². The zero-order chi connectivity index (χ0) is 16.2. The van der Waals surface area contributed by atoms with Crippen molar-refractivity contribution in [1.29, 1.82) is 0 Å². The van der Waals surface area contributed by atoms with Crippen LogP contribution in [0.2, 0.25) is 0 Å². The number of carbonyl (C=O) groups excluding carboxylic acids is 3. The molecule has 1 saturated heterocycles. The van der Waals surface area contributed by atoms with E-state index >= 15 is 0 Å². The van der Waals surface area contributed by atoms with Crippen LogP contribution in [0.3, 0.4) is 0 Å². The second kappa shape index (κ2) is 7.05. The first kappa shape index (κ1) is 17.7. The third kappa shape index (κ3) is 4.29. The normalized spacial score (nSPS) is 19.5. The van der Waals surface area contributed by atoms with Crippen LogP contribution < -0.4 is 0 Å². The molecule has 1 aliphatic heterocycles. The Morgan fingerprint density at radius 2 is 1.86 bits per heavy atom. The van der Waals surface area contributed by atoms with Crippen LogP contribution in [0.1, 0.15) is 60.3 Å². The summed E-state index contributed by atoms with van der Waals surface area (Å²) in [5.74, 6) is -1.37. The summed E-state index contributed by atoms with van der Waals surface area (Å²) in [5.41, 5.74) is -0.693. The summed E-state index contributed by atoms with van der Waals surface area (Å²) < 4.78 is 5.22. The Labute approximate surface area is 127 Å². The third-order valence-corrected chi connectivity index (χ3v) is 4.08. The summed E-state index contributed by atoms with van der Waals surface area (Å²) in [5, 5.41) is 0. The molecular weight excluding hydrogens is 270 g/mol. The third-order valence-electron chi connectivity index (χ3n) is 4.08. The van der Waals surface area contributed by atoms with Gasteiger partial charge in [-0.2, -0.15) is 0 Å². The quantitative estimate of drug-likeness (QED) is 0.577. The average molecular weight is 297 g/mol. The highest BCUT2D eigenvalue weighted by molar-refractivity contribution is 6.38. The van der Waals surface area contributed by atoms with Gasteiger partial charge in [0.2, 0.25) is 5.78 Å². The van der Waals surface area contributed by atoms with Crippen LogP contribution in [0.4, 0.5) is 0 Å². The van der Waals surface area contributed by atoms with Crippen LogP contribution in [0.25, 0.3) is 0 Å². The molecule has 1 rings (SSSR count). The molecule has 0 aromatic carbocycles. The molecule has 1 unspecified atom stereocenters. The fraction of sp³-hybridized carbons (Fsp3) is 0.812. The molecule has 1 atom stereocenters. The number of nitrogens with zero attached hydrogens (tertiary/aromatic N) is 1. The summed E-state index contributed by atoms with van der Waals surface area (Å²) in [6, 6.07) is -0.620. The van der Waals surface area contributed by atoms with E-state index in [1.165, 1.54) is 4.90 Å². The van der Waals surface area contributed by atoms with Crippen molar-refractivity contribution in [2.45, 2.75) is 72.4 Å². The van der Waals surface area contributed by atoms with E-state index in [0.29, 0.717) is 19.4 Å². The van der Waals surface area contributed by atoms with E-state index in [9.17, 15) is 14.4 Å². The van der Waals surface area contributed by atoms with E-state index in [1.54, 1.807) is 27.7 Å². The molecule has 1 amide bonds. The zero-order valence-corrected chi connectivity index (χ0v) is 13.8. The number of hydrogen-bond donors (Lipinski definition) is 0. The highest BCUT2D eigenvalue weighted by atomic mass is 16.5. The van der Waals surface area contributed by atoms with Gasteiger partial charge in [0.15, 0.2) is 0 Å². The van der Waals surface area contributed by atoms with E-state index in [-0.39, 0.29) is 6.10 Å². The molecular formula is C16H27NO4. The van der Waals surface area contributed by atoms with Gasteiger partial charge in [0.1, 0.15) is 6.04 Å². The second-order valence-electron chi connectivity index (χ2n) is 6.56. The Morgan fingerprint density at radius 3 is 2.38 bits per heavy atom. The van der Waals surface area contributed by atoms with Gasteiger partial charge < -0.3 is 9.64 Å². The Morgan fingerprint density at radius 1 is 1.24 bits per heavy atom. The molecule has 5 nitrogen and oxygen atoms in total. The van der Waals surface area contributed by atoms with E-state index in [2.05, 4.69) is 0 Å². The lowest BCUT2D eigenvalue weighted by Crippen LogP contribution is -2.53. The Hall–Kier alpha value is -1.39. The van der Waals surface area contributed by atoms with E-state index in [4.69, 9.17) is 4.74 Å². The number of ether oxygens (including phenoxy) is 1. The van der Waals surface area contributed by atoms with Crippen molar-refractivity contribution in [3.8, 4) is 0 Å². The Balaban J connectivity index is 2.88. The predicted octanol–water partition coefficient (Wildman–Crippen LogP) is 2.32. The average Bonchev–Trinajstić information content (AvgIpc) is 2.44. The van der Waals surface area contributed by atoms with Crippen molar-refractivity contribution in [2.75, 3.05) is 6.54 Å². The fourth-order valence-electron chi connectivity index (χ4n) is 2.31. The number of hydrogen-bond acceptors (Lipinski definition) is 4.